The lowest BCUT2D eigenvalue weighted by molar-refractivity contribution is 0.121. The Labute approximate surface area is 105 Å². The average Bonchev–Trinajstić information content (AvgIpc) is 2.39. The Hall–Kier alpha value is -2.04. The van der Waals surface area contributed by atoms with Gasteiger partial charge in [-0.25, -0.2) is 4.79 Å². The molecule has 1 fully saturated rings. The Morgan fingerprint density at radius 1 is 1.39 bits per heavy atom. The second-order valence-electron chi connectivity index (χ2n) is 4.44. The summed E-state index contributed by atoms with van der Waals surface area (Å²) >= 11 is 0. The van der Waals surface area contributed by atoms with Gasteiger partial charge in [-0.3, -0.25) is 0 Å². The third-order valence-corrected chi connectivity index (χ3v) is 3.25. The number of oxime groups is 1. The fraction of sp³-hybridized carbons (Fsp3) is 0.385. The van der Waals surface area contributed by atoms with Crippen molar-refractivity contribution in [1.29, 1.82) is 0 Å². The molecule has 1 aromatic rings. The number of hydrogen-bond acceptors (Lipinski definition) is 3. The smallest absolute Gasteiger partial charge is 0.407 e. The molecule has 5 nitrogen and oxygen atoms in total. The van der Waals surface area contributed by atoms with Crippen LogP contribution in [-0.2, 0) is 6.42 Å². The highest BCUT2D eigenvalue weighted by Crippen LogP contribution is 2.19. The van der Waals surface area contributed by atoms with Crippen molar-refractivity contribution < 1.29 is 15.1 Å². The van der Waals surface area contributed by atoms with Gasteiger partial charge in [0.25, 0.3) is 0 Å². The molecule has 1 aromatic carbocycles. The molecule has 0 aliphatic carbocycles. The summed E-state index contributed by atoms with van der Waals surface area (Å²) in [7, 11) is 0. The van der Waals surface area contributed by atoms with Crippen molar-refractivity contribution in [3.63, 3.8) is 0 Å². The van der Waals surface area contributed by atoms with E-state index >= 15 is 0 Å². The molecule has 1 atom stereocenters. The van der Waals surface area contributed by atoms with Crippen LogP contribution < -0.4 is 0 Å². The molecule has 0 saturated carbocycles. The molecule has 0 aromatic heterocycles. The minimum absolute atomic E-state index is 0.149. The fourth-order valence-corrected chi connectivity index (χ4v) is 2.33. The van der Waals surface area contributed by atoms with E-state index < -0.39 is 6.09 Å². The van der Waals surface area contributed by atoms with Gasteiger partial charge in [0.15, 0.2) is 0 Å². The largest absolute Gasteiger partial charge is 0.465 e. The second kappa shape index (κ2) is 5.53. The molecule has 1 aliphatic rings. The van der Waals surface area contributed by atoms with Gasteiger partial charge in [-0.2, -0.15) is 0 Å². The normalized spacial score (nSPS) is 22.1. The quantitative estimate of drug-likeness (QED) is 0.622. The molecule has 1 aliphatic heterocycles. The van der Waals surface area contributed by atoms with Crippen LogP contribution in [0.3, 0.4) is 0 Å². The highest BCUT2D eigenvalue weighted by Gasteiger charge is 2.29. The minimum Gasteiger partial charge on any atom is -0.465 e. The van der Waals surface area contributed by atoms with Crippen LogP contribution in [0, 0.1) is 0 Å². The van der Waals surface area contributed by atoms with E-state index in [2.05, 4.69) is 5.16 Å². The van der Waals surface area contributed by atoms with Gasteiger partial charge >= 0.3 is 6.09 Å². The number of rotatable bonds is 2. The van der Waals surface area contributed by atoms with Gasteiger partial charge in [0, 0.05) is 25.4 Å². The number of hydrogen-bond donors (Lipinski definition) is 2. The lowest BCUT2D eigenvalue weighted by Crippen LogP contribution is -2.46. The Balaban J connectivity index is 2.12. The molecule has 1 heterocycles. The zero-order valence-corrected chi connectivity index (χ0v) is 9.99. The van der Waals surface area contributed by atoms with Crippen LogP contribution in [0.2, 0.25) is 0 Å². The van der Waals surface area contributed by atoms with Crippen molar-refractivity contribution in [3.8, 4) is 0 Å². The first-order valence-electron chi connectivity index (χ1n) is 5.94. The molecule has 1 unspecified atom stereocenters. The highest BCUT2D eigenvalue weighted by molar-refractivity contribution is 5.86. The molecule has 96 valence electrons. The van der Waals surface area contributed by atoms with Crippen molar-refractivity contribution in [1.82, 2.24) is 4.90 Å². The van der Waals surface area contributed by atoms with Gasteiger partial charge in [-0.1, -0.05) is 35.5 Å². The van der Waals surface area contributed by atoms with E-state index in [0.717, 1.165) is 5.56 Å². The molecule has 18 heavy (non-hydrogen) atoms. The number of likely N-dealkylation sites (tertiary alicyclic amines) is 1. The third-order valence-electron chi connectivity index (χ3n) is 3.25. The maximum Gasteiger partial charge on any atom is 0.407 e. The molecular formula is C13H16N2O3. The minimum atomic E-state index is -0.909. The van der Waals surface area contributed by atoms with Gasteiger partial charge < -0.3 is 15.2 Å². The number of carboxylic acid groups (broad SMARTS) is 1. The van der Waals surface area contributed by atoms with E-state index in [1.54, 1.807) is 0 Å². The van der Waals surface area contributed by atoms with Crippen LogP contribution in [0.4, 0.5) is 4.79 Å². The molecule has 0 radical (unpaired) electrons. The molecule has 0 bridgehead atoms. The van der Waals surface area contributed by atoms with Crippen molar-refractivity contribution in [2.45, 2.75) is 25.3 Å². The van der Waals surface area contributed by atoms with E-state index in [1.165, 1.54) is 4.90 Å². The second-order valence-corrected chi connectivity index (χ2v) is 4.44. The van der Waals surface area contributed by atoms with Crippen molar-refractivity contribution in [2.75, 3.05) is 6.54 Å². The molecule has 2 N–H and O–H groups in total. The molecule has 2 rings (SSSR count). The van der Waals surface area contributed by atoms with Crippen molar-refractivity contribution in [3.05, 3.63) is 35.9 Å². The monoisotopic (exact) mass is 248 g/mol. The van der Waals surface area contributed by atoms with Crippen LogP contribution in [0.5, 0.6) is 0 Å². The number of nitrogens with zero attached hydrogens (tertiary/aromatic N) is 2. The summed E-state index contributed by atoms with van der Waals surface area (Å²) in [5.41, 5.74) is 1.77. The van der Waals surface area contributed by atoms with Crippen LogP contribution in [0.25, 0.3) is 0 Å². The van der Waals surface area contributed by atoms with E-state index in [0.29, 0.717) is 31.5 Å². The van der Waals surface area contributed by atoms with Crippen molar-refractivity contribution >= 4 is 11.8 Å². The fourth-order valence-electron chi connectivity index (χ4n) is 2.33. The maximum absolute atomic E-state index is 11.2. The third kappa shape index (κ3) is 2.80. The lowest BCUT2D eigenvalue weighted by Gasteiger charge is -2.33. The zero-order chi connectivity index (χ0) is 13.0. The Kier molecular flexibility index (Phi) is 3.82. The summed E-state index contributed by atoms with van der Waals surface area (Å²) in [4.78, 5) is 12.6. The van der Waals surface area contributed by atoms with Gasteiger partial charge in [0.1, 0.15) is 0 Å². The Bertz CT molecular complexity index is 445. The number of carbonyl (C=O) groups is 1. The standard InChI is InChI=1S/C13H16N2O3/c16-13(17)15-7-6-11(14-18)9-12(15)8-10-4-2-1-3-5-10/h1-5,12,18H,6-9H2,(H,16,17)/b14-11-. The average molecular weight is 248 g/mol. The SMILES string of the molecule is O=C(O)N1CC/C(=N/O)CC1Cc1ccccc1. The van der Waals surface area contributed by atoms with Gasteiger partial charge in [-0.15, -0.1) is 0 Å². The van der Waals surface area contributed by atoms with E-state index in [9.17, 15) is 4.79 Å². The first-order valence-corrected chi connectivity index (χ1v) is 5.94. The molecule has 1 amide bonds. The number of amides is 1. The van der Waals surface area contributed by atoms with Gasteiger partial charge in [0.2, 0.25) is 0 Å². The highest BCUT2D eigenvalue weighted by atomic mass is 16.4. The first kappa shape index (κ1) is 12.4. The first-order chi connectivity index (χ1) is 8.70. The molecular weight excluding hydrogens is 232 g/mol. The maximum atomic E-state index is 11.2. The number of benzene rings is 1. The van der Waals surface area contributed by atoms with Gasteiger partial charge in [0.05, 0.1) is 5.71 Å². The van der Waals surface area contributed by atoms with E-state index in [1.807, 2.05) is 30.3 Å². The van der Waals surface area contributed by atoms with Crippen LogP contribution in [0.15, 0.2) is 35.5 Å². The predicted molar refractivity (Wildman–Crippen MR) is 67.1 cm³/mol. The molecule has 1 saturated heterocycles. The summed E-state index contributed by atoms with van der Waals surface area (Å²) in [6, 6.07) is 9.60. The summed E-state index contributed by atoms with van der Waals surface area (Å²) < 4.78 is 0. The van der Waals surface area contributed by atoms with Crippen LogP contribution in [0.1, 0.15) is 18.4 Å². The predicted octanol–water partition coefficient (Wildman–Crippen LogP) is 2.20. The summed E-state index contributed by atoms with van der Waals surface area (Å²) in [5.74, 6) is 0. The summed E-state index contributed by atoms with van der Waals surface area (Å²) in [5, 5.41) is 21.2. The van der Waals surface area contributed by atoms with Crippen LogP contribution in [-0.4, -0.2) is 39.6 Å². The Morgan fingerprint density at radius 3 is 2.72 bits per heavy atom. The van der Waals surface area contributed by atoms with Crippen LogP contribution >= 0.6 is 0 Å². The topological polar surface area (TPSA) is 73.1 Å². The van der Waals surface area contributed by atoms with E-state index in [-0.39, 0.29) is 6.04 Å². The Morgan fingerprint density at radius 2 is 2.11 bits per heavy atom. The zero-order valence-electron chi connectivity index (χ0n) is 9.99. The lowest BCUT2D eigenvalue weighted by atomic mass is 9.95. The van der Waals surface area contributed by atoms with E-state index in [4.69, 9.17) is 10.3 Å². The number of piperidine rings is 1. The molecule has 5 heteroatoms. The van der Waals surface area contributed by atoms with Crippen molar-refractivity contribution in [2.24, 2.45) is 5.16 Å². The summed E-state index contributed by atoms with van der Waals surface area (Å²) in [6.45, 7) is 0.395. The molecule has 0 spiro atoms. The van der Waals surface area contributed by atoms with Gasteiger partial charge in [-0.05, 0) is 12.0 Å². The summed E-state index contributed by atoms with van der Waals surface area (Å²) in [6.07, 6.45) is 0.741.